The van der Waals surface area contributed by atoms with E-state index in [4.69, 9.17) is 11.6 Å². The van der Waals surface area contributed by atoms with Gasteiger partial charge in [-0.05, 0) is 18.9 Å². The first-order valence-corrected chi connectivity index (χ1v) is 6.11. The van der Waals surface area contributed by atoms with Crippen LogP contribution < -0.4 is 5.56 Å². The van der Waals surface area contributed by atoms with Gasteiger partial charge < -0.3 is 9.47 Å². The molecule has 0 saturated carbocycles. The summed E-state index contributed by atoms with van der Waals surface area (Å²) in [6, 6.07) is 3.06. The SMILES string of the molecule is Cn1ccc(C(=O)N2CCC(Cl)CC2)cc1=O. The summed E-state index contributed by atoms with van der Waals surface area (Å²) in [5.74, 6) is -0.0775. The standard InChI is InChI=1S/C12H15ClN2O2/c1-14-5-2-9(8-11(14)16)12(17)15-6-3-10(13)4-7-15/h2,5,8,10H,3-4,6-7H2,1H3. The fourth-order valence-electron chi connectivity index (χ4n) is 1.92. The smallest absolute Gasteiger partial charge is 0.254 e. The summed E-state index contributed by atoms with van der Waals surface area (Å²) in [5, 5.41) is 0.169. The number of carbonyl (C=O) groups excluding carboxylic acids is 1. The third kappa shape index (κ3) is 2.69. The van der Waals surface area contributed by atoms with Gasteiger partial charge in [-0.1, -0.05) is 0 Å². The van der Waals surface area contributed by atoms with E-state index in [0.717, 1.165) is 12.8 Å². The lowest BCUT2D eigenvalue weighted by Crippen LogP contribution is -2.39. The molecule has 2 rings (SSSR count). The van der Waals surface area contributed by atoms with Crippen LogP contribution in [0.15, 0.2) is 23.1 Å². The highest BCUT2D eigenvalue weighted by Crippen LogP contribution is 2.17. The van der Waals surface area contributed by atoms with Crippen molar-refractivity contribution in [2.24, 2.45) is 7.05 Å². The van der Waals surface area contributed by atoms with Crippen LogP contribution in [0, 0.1) is 0 Å². The van der Waals surface area contributed by atoms with Gasteiger partial charge in [0.15, 0.2) is 0 Å². The summed E-state index contributed by atoms with van der Waals surface area (Å²) < 4.78 is 1.45. The van der Waals surface area contributed by atoms with E-state index in [2.05, 4.69) is 0 Å². The van der Waals surface area contributed by atoms with Crippen molar-refractivity contribution in [2.75, 3.05) is 13.1 Å². The van der Waals surface area contributed by atoms with E-state index in [1.54, 1.807) is 24.2 Å². The number of carbonyl (C=O) groups is 1. The van der Waals surface area contributed by atoms with E-state index < -0.39 is 0 Å². The Labute approximate surface area is 105 Å². The van der Waals surface area contributed by atoms with Crippen molar-refractivity contribution in [2.45, 2.75) is 18.2 Å². The van der Waals surface area contributed by atoms with Crippen LogP contribution in [0.25, 0.3) is 0 Å². The molecule has 1 saturated heterocycles. The molecule has 1 aliphatic heterocycles. The van der Waals surface area contributed by atoms with Gasteiger partial charge in [0.05, 0.1) is 0 Å². The second-order valence-electron chi connectivity index (χ2n) is 4.33. The van der Waals surface area contributed by atoms with Crippen molar-refractivity contribution in [3.63, 3.8) is 0 Å². The van der Waals surface area contributed by atoms with Gasteiger partial charge in [-0.3, -0.25) is 9.59 Å². The third-order valence-electron chi connectivity index (χ3n) is 3.06. The topological polar surface area (TPSA) is 42.3 Å². The zero-order chi connectivity index (χ0) is 12.4. The molecule has 0 bridgehead atoms. The summed E-state index contributed by atoms with van der Waals surface area (Å²) in [7, 11) is 1.66. The van der Waals surface area contributed by atoms with Crippen LogP contribution in [0.5, 0.6) is 0 Å². The second-order valence-corrected chi connectivity index (χ2v) is 4.95. The van der Waals surface area contributed by atoms with E-state index in [9.17, 15) is 9.59 Å². The van der Waals surface area contributed by atoms with Crippen LogP contribution in [0.4, 0.5) is 0 Å². The van der Waals surface area contributed by atoms with Crippen LogP contribution in [0.1, 0.15) is 23.2 Å². The minimum absolute atomic E-state index is 0.0775. The highest BCUT2D eigenvalue weighted by Gasteiger charge is 2.22. The van der Waals surface area contributed by atoms with Crippen molar-refractivity contribution in [1.82, 2.24) is 9.47 Å². The number of amides is 1. The van der Waals surface area contributed by atoms with Crippen molar-refractivity contribution in [3.8, 4) is 0 Å². The van der Waals surface area contributed by atoms with E-state index in [1.165, 1.54) is 10.6 Å². The number of likely N-dealkylation sites (tertiary alicyclic amines) is 1. The number of aryl methyl sites for hydroxylation is 1. The Balaban J connectivity index is 2.14. The van der Waals surface area contributed by atoms with Gasteiger partial charge in [0, 0.05) is 43.3 Å². The first-order valence-electron chi connectivity index (χ1n) is 5.68. The summed E-state index contributed by atoms with van der Waals surface area (Å²) in [6.07, 6.45) is 3.25. The lowest BCUT2D eigenvalue weighted by molar-refractivity contribution is 0.0726. The minimum Gasteiger partial charge on any atom is -0.339 e. The zero-order valence-electron chi connectivity index (χ0n) is 9.73. The largest absolute Gasteiger partial charge is 0.339 e. The molecule has 17 heavy (non-hydrogen) atoms. The van der Waals surface area contributed by atoms with Crippen molar-refractivity contribution < 1.29 is 4.79 Å². The first kappa shape index (κ1) is 12.2. The maximum Gasteiger partial charge on any atom is 0.254 e. The summed E-state index contributed by atoms with van der Waals surface area (Å²) in [6.45, 7) is 1.34. The molecule has 0 aliphatic carbocycles. The molecule has 5 heteroatoms. The molecule has 0 aromatic carbocycles. The van der Waals surface area contributed by atoms with Gasteiger partial charge in [-0.25, -0.2) is 0 Å². The van der Waals surface area contributed by atoms with E-state index in [0.29, 0.717) is 18.7 Å². The quantitative estimate of drug-likeness (QED) is 0.708. The molecule has 92 valence electrons. The van der Waals surface area contributed by atoms with E-state index >= 15 is 0 Å². The molecule has 0 spiro atoms. The van der Waals surface area contributed by atoms with Crippen LogP contribution in [-0.4, -0.2) is 33.8 Å². The number of alkyl halides is 1. The molecule has 4 nitrogen and oxygen atoms in total. The number of aromatic nitrogens is 1. The zero-order valence-corrected chi connectivity index (χ0v) is 10.5. The summed E-state index contributed by atoms with van der Waals surface area (Å²) in [4.78, 5) is 25.3. The fourth-order valence-corrected chi connectivity index (χ4v) is 2.11. The molecular formula is C12H15ClN2O2. The average Bonchev–Trinajstić information content (AvgIpc) is 2.33. The fraction of sp³-hybridized carbons (Fsp3) is 0.500. The number of pyridine rings is 1. The maximum absolute atomic E-state index is 12.1. The summed E-state index contributed by atoms with van der Waals surface area (Å²) in [5.41, 5.74) is 0.296. The lowest BCUT2D eigenvalue weighted by Gasteiger charge is -2.29. The predicted octanol–water partition coefficient (Wildman–Crippen LogP) is 1.23. The predicted molar refractivity (Wildman–Crippen MR) is 66.5 cm³/mol. The molecule has 1 amide bonds. The van der Waals surface area contributed by atoms with Crippen molar-refractivity contribution in [3.05, 3.63) is 34.2 Å². The van der Waals surface area contributed by atoms with Gasteiger partial charge in [-0.2, -0.15) is 0 Å². The number of hydrogen-bond donors (Lipinski definition) is 0. The van der Waals surface area contributed by atoms with Gasteiger partial charge in [0.25, 0.3) is 11.5 Å². The number of piperidine rings is 1. The normalized spacial score (nSPS) is 17.2. The van der Waals surface area contributed by atoms with Gasteiger partial charge in [0.2, 0.25) is 0 Å². The molecule has 0 N–H and O–H groups in total. The van der Waals surface area contributed by atoms with Gasteiger partial charge in [0.1, 0.15) is 0 Å². The molecule has 0 radical (unpaired) electrons. The van der Waals surface area contributed by atoms with Crippen molar-refractivity contribution >= 4 is 17.5 Å². The van der Waals surface area contributed by atoms with Crippen LogP contribution in [0.2, 0.25) is 0 Å². The minimum atomic E-state index is -0.164. The highest BCUT2D eigenvalue weighted by atomic mass is 35.5. The monoisotopic (exact) mass is 254 g/mol. The molecule has 2 heterocycles. The van der Waals surface area contributed by atoms with Crippen LogP contribution in [-0.2, 0) is 7.05 Å². The number of rotatable bonds is 1. The Morgan fingerprint density at radius 1 is 1.41 bits per heavy atom. The third-order valence-corrected chi connectivity index (χ3v) is 3.50. The second kappa shape index (κ2) is 4.92. The Morgan fingerprint density at radius 2 is 2.06 bits per heavy atom. The highest BCUT2D eigenvalue weighted by molar-refractivity contribution is 6.20. The first-order chi connectivity index (χ1) is 8.08. The molecular weight excluding hydrogens is 240 g/mol. The van der Waals surface area contributed by atoms with Crippen LogP contribution >= 0.6 is 11.6 Å². The van der Waals surface area contributed by atoms with Gasteiger partial charge in [-0.15, -0.1) is 11.6 Å². The Morgan fingerprint density at radius 3 is 2.65 bits per heavy atom. The number of nitrogens with zero attached hydrogens (tertiary/aromatic N) is 2. The average molecular weight is 255 g/mol. The Bertz CT molecular complexity index is 476. The number of hydrogen-bond acceptors (Lipinski definition) is 2. The lowest BCUT2D eigenvalue weighted by atomic mass is 10.1. The maximum atomic E-state index is 12.1. The van der Waals surface area contributed by atoms with Crippen molar-refractivity contribution in [1.29, 1.82) is 0 Å². The Hall–Kier alpha value is -1.29. The summed E-state index contributed by atoms with van der Waals surface area (Å²) >= 11 is 5.99. The van der Waals surface area contributed by atoms with Crippen LogP contribution in [0.3, 0.4) is 0 Å². The molecule has 1 aromatic rings. The molecule has 1 aromatic heterocycles. The molecule has 1 aliphatic rings. The van der Waals surface area contributed by atoms with Gasteiger partial charge >= 0.3 is 0 Å². The molecule has 0 atom stereocenters. The molecule has 1 fully saturated rings. The van der Waals surface area contributed by atoms with E-state index in [-0.39, 0.29) is 16.8 Å². The molecule has 0 unspecified atom stereocenters. The van der Waals surface area contributed by atoms with E-state index in [1.807, 2.05) is 0 Å². The number of halogens is 1. The Kier molecular flexibility index (Phi) is 3.52.